The molecule has 1 N–H and O–H groups in total. The summed E-state index contributed by atoms with van der Waals surface area (Å²) in [7, 11) is 0. The highest BCUT2D eigenvalue weighted by Crippen LogP contribution is 2.12. The summed E-state index contributed by atoms with van der Waals surface area (Å²) in [4.78, 5) is 23.6. The first-order valence-electron chi connectivity index (χ1n) is 8.03. The first kappa shape index (κ1) is 17.0. The zero-order chi connectivity index (χ0) is 17.5. The zero-order valence-corrected chi connectivity index (χ0v) is 13.6. The Balaban J connectivity index is 1.61. The molecule has 0 radical (unpaired) electrons. The largest absolute Gasteiger partial charge is 0.454 e. The van der Waals surface area contributed by atoms with Crippen LogP contribution in [0.25, 0.3) is 0 Å². The fourth-order valence-corrected chi connectivity index (χ4v) is 2.48. The Morgan fingerprint density at radius 2 is 1.80 bits per heavy atom. The average Bonchev–Trinajstić information content (AvgIpc) is 3.09. The number of carbonyl (C=O) groups is 2. The van der Waals surface area contributed by atoms with E-state index in [1.807, 2.05) is 36.4 Å². The van der Waals surface area contributed by atoms with Crippen LogP contribution in [0.1, 0.15) is 15.9 Å². The van der Waals surface area contributed by atoms with Gasteiger partial charge in [0.15, 0.2) is 0 Å². The molecule has 1 amide bonds. The lowest BCUT2D eigenvalue weighted by Crippen LogP contribution is -2.43. The number of carbonyl (C=O) groups excluding carboxylic acids is 2. The number of esters is 1. The molecule has 0 saturated carbocycles. The Bertz CT molecular complexity index is 704. The summed E-state index contributed by atoms with van der Waals surface area (Å²) in [5, 5.41) is 2.64. The van der Waals surface area contributed by atoms with Gasteiger partial charge in [-0.05, 0) is 17.7 Å². The number of benzene rings is 2. The summed E-state index contributed by atoms with van der Waals surface area (Å²) < 4.78 is 16.1. The van der Waals surface area contributed by atoms with E-state index in [0.717, 1.165) is 5.56 Å². The molecule has 1 unspecified atom stereocenters. The van der Waals surface area contributed by atoms with Crippen LogP contribution < -0.4 is 5.32 Å². The van der Waals surface area contributed by atoms with Gasteiger partial charge in [-0.1, -0.05) is 48.5 Å². The van der Waals surface area contributed by atoms with E-state index in [-0.39, 0.29) is 13.2 Å². The lowest BCUT2D eigenvalue weighted by molar-refractivity contribution is -0.0202. The maximum atomic E-state index is 12.3. The predicted molar refractivity (Wildman–Crippen MR) is 90.0 cm³/mol. The van der Waals surface area contributed by atoms with Crippen molar-refractivity contribution in [2.75, 3.05) is 13.2 Å². The molecule has 2 aromatic rings. The predicted octanol–water partition coefficient (Wildman–Crippen LogP) is 2.54. The van der Waals surface area contributed by atoms with Crippen molar-refractivity contribution < 1.29 is 23.8 Å². The van der Waals surface area contributed by atoms with Gasteiger partial charge in [0, 0.05) is 0 Å². The standard InChI is InChI=1S/C19H19NO5/c21-18(15-9-5-2-6-10-15)25-17(16-12-24-19(22)20-16)13-23-11-14-7-3-1-4-8-14/h1-10,16-17H,11-13H2,(H,20,22)/t16-,17?/m1/s1. The first-order valence-corrected chi connectivity index (χ1v) is 8.03. The molecule has 25 heavy (non-hydrogen) atoms. The topological polar surface area (TPSA) is 73.9 Å². The Morgan fingerprint density at radius 3 is 2.44 bits per heavy atom. The van der Waals surface area contributed by atoms with E-state index in [1.54, 1.807) is 24.3 Å². The number of cyclic esters (lactones) is 1. The van der Waals surface area contributed by atoms with Crippen molar-refractivity contribution in [1.29, 1.82) is 0 Å². The maximum absolute atomic E-state index is 12.3. The van der Waals surface area contributed by atoms with Gasteiger partial charge in [-0.25, -0.2) is 9.59 Å². The highest BCUT2D eigenvalue weighted by atomic mass is 16.6. The van der Waals surface area contributed by atoms with Crippen LogP contribution in [0.15, 0.2) is 60.7 Å². The molecule has 1 aliphatic rings. The number of alkyl carbamates (subject to hydrolysis) is 1. The van der Waals surface area contributed by atoms with Gasteiger partial charge in [0.25, 0.3) is 0 Å². The second-order valence-corrected chi connectivity index (χ2v) is 5.66. The molecule has 6 nitrogen and oxygen atoms in total. The molecule has 0 aromatic heterocycles. The van der Waals surface area contributed by atoms with Gasteiger partial charge in [0.2, 0.25) is 0 Å². The molecule has 1 saturated heterocycles. The van der Waals surface area contributed by atoms with Crippen molar-refractivity contribution in [3.63, 3.8) is 0 Å². The van der Waals surface area contributed by atoms with Crippen LogP contribution in [-0.4, -0.2) is 37.4 Å². The molecule has 1 heterocycles. The summed E-state index contributed by atoms with van der Waals surface area (Å²) >= 11 is 0. The molecule has 1 aliphatic heterocycles. The molecular weight excluding hydrogens is 322 g/mol. The van der Waals surface area contributed by atoms with Crippen LogP contribution in [-0.2, 0) is 20.8 Å². The van der Waals surface area contributed by atoms with Gasteiger partial charge >= 0.3 is 12.1 Å². The van der Waals surface area contributed by atoms with E-state index in [2.05, 4.69) is 5.32 Å². The fourth-order valence-electron chi connectivity index (χ4n) is 2.48. The minimum absolute atomic E-state index is 0.139. The molecule has 2 atom stereocenters. The van der Waals surface area contributed by atoms with Gasteiger partial charge in [0.1, 0.15) is 18.8 Å². The molecule has 3 rings (SSSR count). The quantitative estimate of drug-likeness (QED) is 0.784. The van der Waals surface area contributed by atoms with Crippen molar-refractivity contribution in [1.82, 2.24) is 5.32 Å². The van der Waals surface area contributed by atoms with Gasteiger partial charge in [-0.3, -0.25) is 0 Å². The Hall–Kier alpha value is -2.86. The monoisotopic (exact) mass is 341 g/mol. The Labute approximate surface area is 145 Å². The third-order valence-corrected chi connectivity index (χ3v) is 3.81. The normalized spacial score (nSPS) is 17.4. The molecule has 6 heteroatoms. The lowest BCUT2D eigenvalue weighted by Gasteiger charge is -2.22. The Kier molecular flexibility index (Phi) is 5.64. The molecule has 1 fully saturated rings. The van der Waals surface area contributed by atoms with Crippen molar-refractivity contribution in [3.05, 3.63) is 71.8 Å². The third kappa shape index (κ3) is 4.81. The zero-order valence-electron chi connectivity index (χ0n) is 13.6. The molecule has 0 spiro atoms. The van der Waals surface area contributed by atoms with Crippen molar-refractivity contribution in [3.8, 4) is 0 Å². The minimum atomic E-state index is -0.636. The number of nitrogens with one attached hydrogen (secondary N) is 1. The summed E-state index contributed by atoms with van der Waals surface area (Å²) in [6.07, 6.45) is -1.16. The fraction of sp³-hybridized carbons (Fsp3) is 0.263. The number of ether oxygens (including phenoxy) is 3. The summed E-state index contributed by atoms with van der Waals surface area (Å²) in [6, 6.07) is 17.9. The van der Waals surface area contributed by atoms with E-state index in [0.29, 0.717) is 12.2 Å². The first-order chi connectivity index (χ1) is 12.2. The smallest absolute Gasteiger partial charge is 0.407 e. The van der Waals surface area contributed by atoms with Crippen LogP contribution in [0, 0.1) is 0 Å². The van der Waals surface area contributed by atoms with E-state index in [4.69, 9.17) is 14.2 Å². The lowest BCUT2D eigenvalue weighted by atomic mass is 10.1. The minimum Gasteiger partial charge on any atom is -0.454 e. The Morgan fingerprint density at radius 1 is 1.12 bits per heavy atom. The van der Waals surface area contributed by atoms with Gasteiger partial charge in [-0.2, -0.15) is 0 Å². The average molecular weight is 341 g/mol. The third-order valence-electron chi connectivity index (χ3n) is 3.81. The SMILES string of the molecule is O=C1N[C@@H](C(COCc2ccccc2)OC(=O)c2ccccc2)CO1. The number of hydrogen-bond donors (Lipinski definition) is 1. The van der Waals surface area contributed by atoms with Gasteiger partial charge in [0.05, 0.1) is 18.8 Å². The van der Waals surface area contributed by atoms with E-state index < -0.39 is 24.2 Å². The van der Waals surface area contributed by atoms with E-state index in [1.165, 1.54) is 0 Å². The second-order valence-electron chi connectivity index (χ2n) is 5.66. The van der Waals surface area contributed by atoms with Crippen LogP contribution >= 0.6 is 0 Å². The van der Waals surface area contributed by atoms with Gasteiger partial charge in [-0.15, -0.1) is 0 Å². The van der Waals surface area contributed by atoms with Crippen LogP contribution in [0.3, 0.4) is 0 Å². The van der Waals surface area contributed by atoms with E-state index >= 15 is 0 Å². The molecule has 0 bridgehead atoms. The molecular formula is C19H19NO5. The summed E-state index contributed by atoms with van der Waals surface area (Å²) in [5.74, 6) is -0.463. The highest BCUT2D eigenvalue weighted by molar-refractivity contribution is 5.89. The van der Waals surface area contributed by atoms with Crippen molar-refractivity contribution in [2.45, 2.75) is 18.8 Å². The summed E-state index contributed by atoms with van der Waals surface area (Å²) in [5.41, 5.74) is 1.46. The molecule has 130 valence electrons. The second kappa shape index (κ2) is 8.30. The van der Waals surface area contributed by atoms with Crippen LogP contribution in [0.5, 0.6) is 0 Å². The van der Waals surface area contributed by atoms with Gasteiger partial charge < -0.3 is 19.5 Å². The highest BCUT2D eigenvalue weighted by Gasteiger charge is 2.33. The van der Waals surface area contributed by atoms with E-state index in [9.17, 15) is 9.59 Å². The molecule has 0 aliphatic carbocycles. The molecule has 2 aromatic carbocycles. The van der Waals surface area contributed by atoms with Crippen molar-refractivity contribution in [2.24, 2.45) is 0 Å². The maximum Gasteiger partial charge on any atom is 0.407 e. The van der Waals surface area contributed by atoms with Crippen LogP contribution in [0.4, 0.5) is 4.79 Å². The number of rotatable bonds is 7. The summed E-state index contributed by atoms with van der Waals surface area (Å²) in [6.45, 7) is 0.684. The van der Waals surface area contributed by atoms with Crippen LogP contribution in [0.2, 0.25) is 0 Å². The number of hydrogen-bond acceptors (Lipinski definition) is 5. The van der Waals surface area contributed by atoms with Crippen molar-refractivity contribution >= 4 is 12.1 Å². The number of amides is 1.